The van der Waals surface area contributed by atoms with Crippen molar-refractivity contribution >= 4 is 5.97 Å². The summed E-state index contributed by atoms with van der Waals surface area (Å²) in [5, 5.41) is 3.33. The summed E-state index contributed by atoms with van der Waals surface area (Å²) in [6, 6.07) is 17.1. The summed E-state index contributed by atoms with van der Waals surface area (Å²) in [6.07, 6.45) is 1.87. The largest absolute Gasteiger partial charge is 0.460 e. The van der Waals surface area contributed by atoms with Gasteiger partial charge in [-0.25, -0.2) is 9.78 Å². The number of oxazole rings is 1. The highest BCUT2D eigenvalue weighted by Gasteiger charge is 2.27. The lowest BCUT2D eigenvalue weighted by Gasteiger charge is -2.19. The average Bonchev–Trinajstić information content (AvgIpc) is 3.22. The van der Waals surface area contributed by atoms with E-state index in [1.165, 1.54) is 0 Å². The minimum atomic E-state index is -0.486. The summed E-state index contributed by atoms with van der Waals surface area (Å²) in [5.74, 6) is 1.96. The molecule has 0 spiro atoms. The number of ether oxygens (including phenoxy) is 2. The second kappa shape index (κ2) is 8.92. The number of nitrogens with one attached hydrogen (secondary N) is 1. The van der Waals surface area contributed by atoms with Crippen molar-refractivity contribution in [2.75, 3.05) is 19.7 Å². The molecule has 1 N–H and O–H groups in total. The number of esters is 1. The van der Waals surface area contributed by atoms with Crippen molar-refractivity contribution < 1.29 is 18.7 Å². The van der Waals surface area contributed by atoms with Crippen molar-refractivity contribution in [2.24, 2.45) is 0 Å². The van der Waals surface area contributed by atoms with Crippen LogP contribution in [0.3, 0.4) is 0 Å². The summed E-state index contributed by atoms with van der Waals surface area (Å²) in [6.45, 7) is 3.90. The van der Waals surface area contributed by atoms with Crippen molar-refractivity contribution in [3.05, 3.63) is 66.2 Å². The fourth-order valence-electron chi connectivity index (χ4n) is 3.42. The molecular weight excluding hydrogens is 368 g/mol. The predicted octanol–water partition coefficient (Wildman–Crippen LogP) is 4.78. The van der Waals surface area contributed by atoms with Gasteiger partial charge < -0.3 is 19.2 Å². The van der Waals surface area contributed by atoms with Gasteiger partial charge in [0.15, 0.2) is 5.89 Å². The topological polar surface area (TPSA) is 73.6 Å². The van der Waals surface area contributed by atoms with Crippen LogP contribution in [0.2, 0.25) is 0 Å². The van der Waals surface area contributed by atoms with E-state index in [-0.39, 0.29) is 18.3 Å². The molecule has 0 aliphatic carbocycles. The van der Waals surface area contributed by atoms with Crippen LogP contribution in [0.4, 0.5) is 0 Å². The highest BCUT2D eigenvalue weighted by molar-refractivity contribution is 5.93. The third-order valence-corrected chi connectivity index (χ3v) is 4.90. The molecule has 2 aromatic carbocycles. The molecule has 1 aliphatic rings. The van der Waals surface area contributed by atoms with Gasteiger partial charge in [-0.2, -0.15) is 0 Å². The fourth-order valence-corrected chi connectivity index (χ4v) is 3.42. The number of carbonyl (C=O) groups excluding carboxylic acids is 1. The van der Waals surface area contributed by atoms with Crippen LogP contribution in [-0.4, -0.2) is 30.6 Å². The van der Waals surface area contributed by atoms with Gasteiger partial charge in [-0.1, -0.05) is 18.2 Å². The predicted molar refractivity (Wildman–Crippen MR) is 109 cm³/mol. The van der Waals surface area contributed by atoms with Crippen LogP contribution >= 0.6 is 0 Å². The Hall–Kier alpha value is -3.12. The van der Waals surface area contributed by atoms with Crippen LogP contribution in [0.5, 0.6) is 11.5 Å². The number of para-hydroxylation sites is 1. The first-order chi connectivity index (χ1) is 14.2. The van der Waals surface area contributed by atoms with Crippen LogP contribution in [-0.2, 0) is 4.74 Å². The average molecular weight is 392 g/mol. The van der Waals surface area contributed by atoms with Gasteiger partial charge in [-0.15, -0.1) is 0 Å². The zero-order valence-electron chi connectivity index (χ0n) is 16.4. The standard InChI is InChI=1S/C23H24N2O4/c1-2-27-23(26)21-20(25-22(29-21)17-12-14-24-15-13-17)16-8-10-19(11-9-16)28-18-6-4-3-5-7-18/h3-11,17,24H,2,12-15H2,1H3. The van der Waals surface area contributed by atoms with Gasteiger partial charge >= 0.3 is 5.97 Å². The molecule has 0 amide bonds. The Balaban J connectivity index is 1.61. The first kappa shape index (κ1) is 19.2. The number of aromatic nitrogens is 1. The Kier molecular flexibility index (Phi) is 5.91. The van der Waals surface area contributed by atoms with Crippen molar-refractivity contribution in [1.82, 2.24) is 10.3 Å². The number of nitrogens with zero attached hydrogens (tertiary/aromatic N) is 1. The van der Waals surface area contributed by atoms with E-state index in [9.17, 15) is 4.79 Å². The van der Waals surface area contributed by atoms with Crippen LogP contribution in [0.1, 0.15) is 42.1 Å². The number of rotatable bonds is 6. The van der Waals surface area contributed by atoms with E-state index >= 15 is 0 Å². The molecule has 2 heterocycles. The van der Waals surface area contributed by atoms with Crippen molar-refractivity contribution in [2.45, 2.75) is 25.7 Å². The molecule has 6 heteroatoms. The van der Waals surface area contributed by atoms with E-state index in [4.69, 9.17) is 13.9 Å². The summed E-state index contributed by atoms with van der Waals surface area (Å²) >= 11 is 0. The molecule has 0 bridgehead atoms. The molecule has 0 radical (unpaired) electrons. The lowest BCUT2D eigenvalue weighted by atomic mass is 9.98. The van der Waals surface area contributed by atoms with Gasteiger partial charge in [0.05, 0.1) is 6.61 Å². The molecule has 1 fully saturated rings. The van der Waals surface area contributed by atoms with E-state index in [1.807, 2.05) is 54.6 Å². The molecule has 1 aliphatic heterocycles. The molecular formula is C23H24N2O4. The number of piperidine rings is 1. The summed E-state index contributed by atoms with van der Waals surface area (Å²) in [4.78, 5) is 17.1. The van der Waals surface area contributed by atoms with Crippen LogP contribution in [0.15, 0.2) is 59.0 Å². The maximum Gasteiger partial charge on any atom is 0.376 e. The zero-order valence-corrected chi connectivity index (χ0v) is 16.4. The summed E-state index contributed by atoms with van der Waals surface area (Å²) < 4.78 is 16.9. The van der Waals surface area contributed by atoms with Crippen molar-refractivity contribution in [3.63, 3.8) is 0 Å². The highest BCUT2D eigenvalue weighted by atomic mass is 16.5. The van der Waals surface area contributed by atoms with Crippen molar-refractivity contribution in [1.29, 1.82) is 0 Å². The lowest BCUT2D eigenvalue weighted by molar-refractivity contribution is 0.0488. The minimum absolute atomic E-state index is 0.164. The Morgan fingerprint density at radius 3 is 2.45 bits per heavy atom. The van der Waals surface area contributed by atoms with E-state index < -0.39 is 5.97 Å². The van der Waals surface area contributed by atoms with Crippen LogP contribution < -0.4 is 10.1 Å². The van der Waals surface area contributed by atoms with E-state index in [1.54, 1.807) is 6.92 Å². The number of hydrogen-bond donors (Lipinski definition) is 1. The molecule has 1 aromatic heterocycles. The molecule has 29 heavy (non-hydrogen) atoms. The SMILES string of the molecule is CCOC(=O)c1oc(C2CCNCC2)nc1-c1ccc(Oc2ccccc2)cc1. The normalized spacial score (nSPS) is 14.5. The van der Waals surface area contributed by atoms with E-state index in [0.29, 0.717) is 17.3 Å². The second-order valence-corrected chi connectivity index (χ2v) is 6.91. The summed E-state index contributed by atoms with van der Waals surface area (Å²) in [7, 11) is 0. The molecule has 150 valence electrons. The maximum absolute atomic E-state index is 12.5. The smallest absolute Gasteiger partial charge is 0.376 e. The molecule has 3 aromatic rings. The minimum Gasteiger partial charge on any atom is -0.460 e. The Morgan fingerprint density at radius 2 is 1.76 bits per heavy atom. The van der Waals surface area contributed by atoms with Gasteiger partial charge in [-0.3, -0.25) is 0 Å². The first-order valence-corrected chi connectivity index (χ1v) is 9.96. The quantitative estimate of drug-likeness (QED) is 0.609. The molecule has 6 nitrogen and oxygen atoms in total. The van der Waals surface area contributed by atoms with Crippen LogP contribution in [0, 0.1) is 0 Å². The fraction of sp³-hybridized carbons (Fsp3) is 0.304. The van der Waals surface area contributed by atoms with Gasteiger partial charge in [-0.05, 0) is 69.3 Å². The highest BCUT2D eigenvalue weighted by Crippen LogP contribution is 2.33. The van der Waals surface area contributed by atoms with E-state index in [2.05, 4.69) is 10.3 Å². The first-order valence-electron chi connectivity index (χ1n) is 9.96. The second-order valence-electron chi connectivity index (χ2n) is 6.91. The van der Waals surface area contributed by atoms with Gasteiger partial charge in [0, 0.05) is 11.5 Å². The molecule has 1 saturated heterocycles. The van der Waals surface area contributed by atoms with Crippen LogP contribution in [0.25, 0.3) is 11.3 Å². The number of carbonyl (C=O) groups is 1. The molecule has 0 saturated carbocycles. The van der Waals surface area contributed by atoms with Crippen molar-refractivity contribution in [3.8, 4) is 22.8 Å². The Labute approximate surface area is 169 Å². The Morgan fingerprint density at radius 1 is 1.07 bits per heavy atom. The molecule has 0 unspecified atom stereocenters. The van der Waals surface area contributed by atoms with Gasteiger partial charge in [0.25, 0.3) is 0 Å². The van der Waals surface area contributed by atoms with Gasteiger partial charge in [0.2, 0.25) is 5.76 Å². The molecule has 4 rings (SSSR count). The zero-order chi connectivity index (χ0) is 20.1. The van der Waals surface area contributed by atoms with E-state index in [0.717, 1.165) is 37.2 Å². The van der Waals surface area contributed by atoms with Gasteiger partial charge in [0.1, 0.15) is 17.2 Å². The monoisotopic (exact) mass is 392 g/mol. The summed E-state index contributed by atoms with van der Waals surface area (Å²) in [5.41, 5.74) is 1.31. The number of benzene rings is 2. The maximum atomic E-state index is 12.5. The lowest BCUT2D eigenvalue weighted by Crippen LogP contribution is -2.26. The third-order valence-electron chi connectivity index (χ3n) is 4.90. The third kappa shape index (κ3) is 4.49. The molecule has 0 atom stereocenters. The Bertz CT molecular complexity index is 945. The number of hydrogen-bond acceptors (Lipinski definition) is 6.